The topological polar surface area (TPSA) is 66.6 Å². The Kier molecular flexibility index (Phi) is 3.71. The fraction of sp³-hybridized carbons (Fsp3) is 0.364. The van der Waals surface area contributed by atoms with Crippen molar-refractivity contribution < 1.29 is 14.3 Å². The van der Waals surface area contributed by atoms with E-state index in [1.807, 2.05) is 18.7 Å². The molecule has 0 fully saturated rings. The van der Waals surface area contributed by atoms with E-state index < -0.39 is 11.8 Å². The van der Waals surface area contributed by atoms with Crippen LogP contribution in [0.2, 0.25) is 0 Å². The quantitative estimate of drug-likeness (QED) is 0.770. The van der Waals surface area contributed by atoms with Crippen molar-refractivity contribution in [1.82, 2.24) is 0 Å². The Labute approximate surface area is 93.5 Å². The number of carboxylic acid groups (broad SMARTS) is 1. The molecule has 0 aliphatic rings. The summed E-state index contributed by atoms with van der Waals surface area (Å²) in [6.45, 7) is 5.08. The number of anilines is 2. The number of nitrogens with two attached hydrogens (primary N) is 1. The van der Waals surface area contributed by atoms with Crippen LogP contribution in [-0.4, -0.2) is 24.2 Å². The zero-order valence-corrected chi connectivity index (χ0v) is 9.33. The van der Waals surface area contributed by atoms with Crippen LogP contribution in [0.5, 0.6) is 0 Å². The van der Waals surface area contributed by atoms with E-state index in [2.05, 4.69) is 0 Å². The van der Waals surface area contributed by atoms with Crippen molar-refractivity contribution in [2.24, 2.45) is 0 Å². The molecular weight excluding hydrogens is 211 g/mol. The van der Waals surface area contributed by atoms with Gasteiger partial charge in [0.25, 0.3) is 0 Å². The molecule has 0 unspecified atom stereocenters. The number of hydrogen-bond donors (Lipinski definition) is 2. The lowest BCUT2D eigenvalue weighted by Crippen LogP contribution is -2.25. The van der Waals surface area contributed by atoms with Gasteiger partial charge in [0.1, 0.15) is 11.4 Å². The first-order valence-corrected chi connectivity index (χ1v) is 5.09. The van der Waals surface area contributed by atoms with Gasteiger partial charge in [-0.3, -0.25) is 0 Å². The van der Waals surface area contributed by atoms with Crippen LogP contribution in [0.3, 0.4) is 0 Å². The number of hydrogen-bond acceptors (Lipinski definition) is 3. The molecule has 3 N–H and O–H groups in total. The number of nitrogens with zero attached hydrogens (tertiary/aromatic N) is 1. The maximum Gasteiger partial charge on any atom is 0.340 e. The molecule has 5 heteroatoms. The van der Waals surface area contributed by atoms with Crippen LogP contribution >= 0.6 is 0 Å². The number of aromatic carboxylic acids is 1. The molecule has 0 aliphatic heterocycles. The number of rotatable bonds is 4. The van der Waals surface area contributed by atoms with Crippen molar-refractivity contribution in [3.8, 4) is 0 Å². The lowest BCUT2D eigenvalue weighted by atomic mass is 10.1. The van der Waals surface area contributed by atoms with E-state index in [-0.39, 0.29) is 11.3 Å². The second-order valence-electron chi connectivity index (χ2n) is 3.33. The summed E-state index contributed by atoms with van der Waals surface area (Å²) in [5.74, 6) is -1.91. The molecule has 1 aromatic carbocycles. The van der Waals surface area contributed by atoms with Crippen LogP contribution in [0.15, 0.2) is 12.1 Å². The van der Waals surface area contributed by atoms with Crippen molar-refractivity contribution >= 4 is 17.3 Å². The van der Waals surface area contributed by atoms with Gasteiger partial charge in [-0.1, -0.05) is 0 Å². The van der Waals surface area contributed by atoms with Gasteiger partial charge in [0.15, 0.2) is 0 Å². The lowest BCUT2D eigenvalue weighted by Gasteiger charge is -2.23. The molecule has 0 heterocycles. The highest BCUT2D eigenvalue weighted by Crippen LogP contribution is 2.28. The molecule has 0 spiro atoms. The monoisotopic (exact) mass is 226 g/mol. The summed E-state index contributed by atoms with van der Waals surface area (Å²) < 4.78 is 13.2. The Morgan fingerprint density at radius 3 is 2.44 bits per heavy atom. The molecule has 0 aliphatic carbocycles. The highest BCUT2D eigenvalue weighted by molar-refractivity contribution is 6.00. The fourth-order valence-corrected chi connectivity index (χ4v) is 1.64. The van der Waals surface area contributed by atoms with Crippen molar-refractivity contribution in [2.75, 3.05) is 23.7 Å². The highest BCUT2D eigenvalue weighted by Gasteiger charge is 2.19. The van der Waals surface area contributed by atoms with Crippen LogP contribution in [0.1, 0.15) is 24.2 Å². The van der Waals surface area contributed by atoms with Gasteiger partial charge in [-0.05, 0) is 26.0 Å². The van der Waals surface area contributed by atoms with Crippen molar-refractivity contribution in [1.29, 1.82) is 0 Å². The van der Waals surface area contributed by atoms with Gasteiger partial charge < -0.3 is 15.7 Å². The first-order valence-electron chi connectivity index (χ1n) is 5.09. The van der Waals surface area contributed by atoms with Gasteiger partial charge in [-0.15, -0.1) is 0 Å². The van der Waals surface area contributed by atoms with Gasteiger partial charge in [0.2, 0.25) is 0 Å². The van der Waals surface area contributed by atoms with E-state index in [1.165, 1.54) is 12.1 Å². The van der Waals surface area contributed by atoms with Crippen LogP contribution in [-0.2, 0) is 0 Å². The Morgan fingerprint density at radius 1 is 1.44 bits per heavy atom. The van der Waals surface area contributed by atoms with Crippen LogP contribution in [0, 0.1) is 5.82 Å². The van der Waals surface area contributed by atoms with Gasteiger partial charge in [0.05, 0.1) is 11.4 Å². The van der Waals surface area contributed by atoms with Crippen LogP contribution in [0.25, 0.3) is 0 Å². The summed E-state index contributed by atoms with van der Waals surface area (Å²) in [4.78, 5) is 12.9. The highest BCUT2D eigenvalue weighted by atomic mass is 19.1. The summed E-state index contributed by atoms with van der Waals surface area (Å²) in [6.07, 6.45) is 0. The zero-order chi connectivity index (χ0) is 12.3. The molecule has 0 bridgehead atoms. The van der Waals surface area contributed by atoms with E-state index in [0.717, 1.165) is 0 Å². The molecule has 0 saturated heterocycles. The number of carboxylic acids is 1. The fourth-order valence-electron chi connectivity index (χ4n) is 1.64. The Hall–Kier alpha value is -1.78. The van der Waals surface area contributed by atoms with E-state index in [4.69, 9.17) is 10.8 Å². The summed E-state index contributed by atoms with van der Waals surface area (Å²) in [5, 5.41) is 9.04. The molecule has 0 aromatic heterocycles. The van der Waals surface area contributed by atoms with Gasteiger partial charge in [0, 0.05) is 13.1 Å². The molecule has 1 aromatic rings. The van der Waals surface area contributed by atoms with Crippen molar-refractivity contribution in [2.45, 2.75) is 13.8 Å². The van der Waals surface area contributed by atoms with Crippen LogP contribution in [0.4, 0.5) is 15.8 Å². The normalized spacial score (nSPS) is 10.2. The molecule has 88 valence electrons. The molecular formula is C11H15FN2O2. The molecule has 0 saturated carbocycles. The molecule has 0 atom stereocenters. The smallest absolute Gasteiger partial charge is 0.340 e. The van der Waals surface area contributed by atoms with Crippen LogP contribution < -0.4 is 10.6 Å². The lowest BCUT2D eigenvalue weighted by molar-refractivity contribution is 0.0698. The molecule has 16 heavy (non-hydrogen) atoms. The van der Waals surface area contributed by atoms with Gasteiger partial charge >= 0.3 is 5.97 Å². The number of nitrogen functional groups attached to an aromatic ring is 1. The minimum atomic E-state index is -1.21. The van der Waals surface area contributed by atoms with E-state index in [1.54, 1.807) is 0 Å². The maximum absolute atomic E-state index is 13.2. The largest absolute Gasteiger partial charge is 0.478 e. The Morgan fingerprint density at radius 2 is 2.00 bits per heavy atom. The first kappa shape index (κ1) is 12.3. The summed E-state index contributed by atoms with van der Waals surface area (Å²) in [5.41, 5.74) is 5.43. The molecule has 0 amide bonds. The Balaban J connectivity index is 3.39. The predicted octanol–water partition coefficient (Wildman–Crippen LogP) is 1.95. The van der Waals surface area contributed by atoms with Crippen molar-refractivity contribution in [3.05, 3.63) is 23.5 Å². The average Bonchev–Trinajstić information content (AvgIpc) is 2.24. The average molecular weight is 226 g/mol. The van der Waals surface area contributed by atoms with E-state index in [0.29, 0.717) is 18.8 Å². The SMILES string of the molecule is CCN(CC)c1ccc(F)c(N)c1C(=O)O. The third-order valence-electron chi connectivity index (χ3n) is 2.49. The standard InChI is InChI=1S/C11H15FN2O2/c1-3-14(4-2)8-6-5-7(12)10(13)9(8)11(15)16/h5-6H,3-4,13H2,1-2H3,(H,15,16). The predicted molar refractivity (Wildman–Crippen MR) is 61.3 cm³/mol. The second kappa shape index (κ2) is 4.83. The summed E-state index contributed by atoms with van der Waals surface area (Å²) >= 11 is 0. The number of halogens is 1. The van der Waals surface area contributed by atoms with Crippen molar-refractivity contribution in [3.63, 3.8) is 0 Å². The van der Waals surface area contributed by atoms with Gasteiger partial charge in [-0.2, -0.15) is 0 Å². The second-order valence-corrected chi connectivity index (χ2v) is 3.33. The summed E-state index contributed by atoms with van der Waals surface area (Å²) in [7, 11) is 0. The van der Waals surface area contributed by atoms with E-state index in [9.17, 15) is 9.18 Å². The minimum absolute atomic E-state index is 0.163. The first-order chi connectivity index (χ1) is 7.52. The van der Waals surface area contributed by atoms with E-state index >= 15 is 0 Å². The molecule has 4 nitrogen and oxygen atoms in total. The zero-order valence-electron chi connectivity index (χ0n) is 9.33. The number of carbonyl (C=O) groups is 1. The Bertz CT molecular complexity index is 403. The minimum Gasteiger partial charge on any atom is -0.478 e. The number of benzene rings is 1. The summed E-state index contributed by atoms with van der Waals surface area (Å²) in [6, 6.07) is 2.64. The maximum atomic E-state index is 13.2. The molecule has 0 radical (unpaired) electrons. The third kappa shape index (κ3) is 2.08. The molecule has 1 rings (SSSR count). The third-order valence-corrected chi connectivity index (χ3v) is 2.49. The van der Waals surface area contributed by atoms with Gasteiger partial charge in [-0.25, -0.2) is 9.18 Å².